The molecule has 2 N–H and O–H groups in total. The van der Waals surface area contributed by atoms with Crippen molar-refractivity contribution in [3.63, 3.8) is 0 Å². The minimum Gasteiger partial charge on any atom is -0.324 e. The summed E-state index contributed by atoms with van der Waals surface area (Å²) in [6.45, 7) is 4.00. The molecule has 21 heavy (non-hydrogen) atoms. The number of H-pyrrole nitrogens is 1. The van der Waals surface area contributed by atoms with E-state index >= 15 is 0 Å². The molecule has 0 spiro atoms. The molecule has 1 heterocycles. The van der Waals surface area contributed by atoms with Crippen molar-refractivity contribution in [2.45, 2.75) is 19.0 Å². The third-order valence-electron chi connectivity index (χ3n) is 2.85. The number of anilines is 1. The lowest BCUT2D eigenvalue weighted by molar-refractivity contribution is -0.113. The average molecular weight is 368 g/mol. The van der Waals surface area contributed by atoms with E-state index in [1.165, 1.54) is 24.0 Å². The van der Waals surface area contributed by atoms with Crippen LogP contribution in [0.4, 0.5) is 5.69 Å². The number of thioether (sulfide) groups is 1. The molecule has 110 valence electrons. The highest BCUT2D eigenvalue weighted by atomic mass is 79.9. The number of aryl methyl sites for hydroxylation is 2. The molecular weight excluding hydrogens is 354 g/mol. The van der Waals surface area contributed by atoms with Crippen molar-refractivity contribution in [1.82, 2.24) is 9.97 Å². The largest absolute Gasteiger partial charge is 0.324 e. The number of benzene rings is 1. The topological polar surface area (TPSA) is 74.8 Å². The normalized spacial score (nSPS) is 10.4. The van der Waals surface area contributed by atoms with Crippen molar-refractivity contribution in [1.29, 1.82) is 0 Å². The van der Waals surface area contributed by atoms with Gasteiger partial charge in [-0.05, 0) is 53.0 Å². The van der Waals surface area contributed by atoms with Gasteiger partial charge in [-0.15, -0.1) is 0 Å². The number of rotatable bonds is 4. The third kappa shape index (κ3) is 4.44. The summed E-state index contributed by atoms with van der Waals surface area (Å²) in [4.78, 5) is 29.6. The Morgan fingerprint density at radius 2 is 2.10 bits per heavy atom. The van der Waals surface area contributed by atoms with Crippen molar-refractivity contribution >= 4 is 39.3 Å². The van der Waals surface area contributed by atoms with E-state index in [4.69, 9.17) is 0 Å². The van der Waals surface area contributed by atoms with Gasteiger partial charge in [0.15, 0.2) is 5.16 Å². The minimum absolute atomic E-state index is 0.157. The van der Waals surface area contributed by atoms with E-state index in [-0.39, 0.29) is 17.2 Å². The fraction of sp³-hybridized carbons (Fsp3) is 0.214. The molecule has 0 saturated heterocycles. The Bertz CT molecular complexity index is 730. The fourth-order valence-corrected chi connectivity index (χ4v) is 2.83. The Kier molecular flexibility index (Phi) is 5.19. The molecule has 1 aromatic heterocycles. The summed E-state index contributed by atoms with van der Waals surface area (Å²) >= 11 is 4.62. The Morgan fingerprint density at radius 1 is 1.38 bits per heavy atom. The van der Waals surface area contributed by atoms with E-state index in [2.05, 4.69) is 31.2 Å². The van der Waals surface area contributed by atoms with Crippen LogP contribution >= 0.6 is 27.7 Å². The molecule has 0 bridgehead atoms. The smallest absolute Gasteiger partial charge is 0.251 e. The third-order valence-corrected chi connectivity index (χ3v) is 4.39. The van der Waals surface area contributed by atoms with Crippen LogP contribution in [-0.2, 0) is 4.79 Å². The Morgan fingerprint density at radius 3 is 2.81 bits per heavy atom. The van der Waals surface area contributed by atoms with Crippen LogP contribution in [0.2, 0.25) is 0 Å². The molecule has 2 rings (SSSR count). The number of aromatic amines is 1. The van der Waals surface area contributed by atoms with Gasteiger partial charge >= 0.3 is 0 Å². The SMILES string of the molecule is Cc1cc(Br)c(NC(=O)CSc2nccc(=O)[nH]2)cc1C. The monoisotopic (exact) mass is 367 g/mol. The molecule has 0 radical (unpaired) electrons. The molecule has 1 aromatic carbocycles. The average Bonchev–Trinajstić information content (AvgIpc) is 2.43. The number of nitrogens with one attached hydrogen (secondary N) is 2. The maximum absolute atomic E-state index is 11.9. The second-order valence-electron chi connectivity index (χ2n) is 4.49. The highest BCUT2D eigenvalue weighted by Crippen LogP contribution is 2.26. The van der Waals surface area contributed by atoms with E-state index < -0.39 is 0 Å². The number of hydrogen-bond acceptors (Lipinski definition) is 4. The first-order chi connectivity index (χ1) is 9.95. The van der Waals surface area contributed by atoms with E-state index in [0.717, 1.165) is 21.3 Å². The van der Waals surface area contributed by atoms with Crippen molar-refractivity contribution in [2.75, 3.05) is 11.1 Å². The molecule has 0 unspecified atom stereocenters. The van der Waals surface area contributed by atoms with Crippen LogP contribution in [0.3, 0.4) is 0 Å². The highest BCUT2D eigenvalue weighted by molar-refractivity contribution is 9.10. The van der Waals surface area contributed by atoms with E-state index in [9.17, 15) is 9.59 Å². The van der Waals surface area contributed by atoms with Gasteiger partial charge in [-0.1, -0.05) is 11.8 Å². The summed E-state index contributed by atoms with van der Waals surface area (Å²) in [7, 11) is 0. The molecule has 0 aliphatic rings. The number of amides is 1. The first kappa shape index (κ1) is 15.8. The quantitative estimate of drug-likeness (QED) is 0.643. The zero-order chi connectivity index (χ0) is 15.4. The highest BCUT2D eigenvalue weighted by Gasteiger charge is 2.09. The first-order valence-corrected chi connectivity index (χ1v) is 7.98. The summed E-state index contributed by atoms with van der Waals surface area (Å²) in [6.07, 6.45) is 1.42. The number of carbonyl (C=O) groups is 1. The van der Waals surface area contributed by atoms with Crippen molar-refractivity contribution in [3.05, 3.63) is 50.3 Å². The molecule has 2 aromatic rings. The molecule has 0 atom stereocenters. The molecule has 0 aliphatic heterocycles. The molecule has 5 nitrogen and oxygen atoms in total. The molecule has 7 heteroatoms. The second-order valence-corrected chi connectivity index (χ2v) is 6.31. The standard InChI is InChI=1S/C14H14BrN3O2S/c1-8-5-10(15)11(6-9(8)2)17-13(20)7-21-14-16-4-3-12(19)18-14/h3-6H,7H2,1-2H3,(H,17,20)(H,16,18,19). The number of hydrogen-bond donors (Lipinski definition) is 2. The van der Waals surface area contributed by atoms with Gasteiger partial charge in [0.2, 0.25) is 5.91 Å². The molecule has 0 fully saturated rings. The van der Waals surface area contributed by atoms with Gasteiger partial charge in [0.1, 0.15) is 0 Å². The van der Waals surface area contributed by atoms with Gasteiger partial charge in [-0.2, -0.15) is 0 Å². The molecule has 1 amide bonds. The van der Waals surface area contributed by atoms with Crippen LogP contribution in [0.1, 0.15) is 11.1 Å². The van der Waals surface area contributed by atoms with Crippen LogP contribution in [0.15, 0.2) is 38.8 Å². The van der Waals surface area contributed by atoms with Crippen molar-refractivity contribution < 1.29 is 4.79 Å². The fourth-order valence-electron chi connectivity index (χ4n) is 1.62. The summed E-state index contributed by atoms with van der Waals surface area (Å²) < 4.78 is 0.843. The maximum Gasteiger partial charge on any atom is 0.251 e. The molecular formula is C14H14BrN3O2S. The van der Waals surface area contributed by atoms with Crippen molar-refractivity contribution in [3.8, 4) is 0 Å². The lowest BCUT2D eigenvalue weighted by Crippen LogP contribution is -2.15. The lowest BCUT2D eigenvalue weighted by atomic mass is 10.1. The Labute approximate surface area is 134 Å². The summed E-state index contributed by atoms with van der Waals surface area (Å²) in [6, 6.07) is 5.22. The van der Waals surface area contributed by atoms with Crippen LogP contribution < -0.4 is 10.9 Å². The number of aromatic nitrogens is 2. The zero-order valence-corrected chi connectivity index (χ0v) is 14.0. The van der Waals surface area contributed by atoms with Gasteiger partial charge in [-0.25, -0.2) is 4.98 Å². The van der Waals surface area contributed by atoms with Crippen LogP contribution in [0, 0.1) is 13.8 Å². The summed E-state index contributed by atoms with van der Waals surface area (Å²) in [5.41, 5.74) is 2.76. The Hall–Kier alpha value is -1.60. The van der Waals surface area contributed by atoms with Gasteiger partial charge in [-0.3, -0.25) is 9.59 Å². The minimum atomic E-state index is -0.232. The van der Waals surface area contributed by atoms with Gasteiger partial charge < -0.3 is 10.3 Å². The van der Waals surface area contributed by atoms with Crippen molar-refractivity contribution in [2.24, 2.45) is 0 Å². The van der Waals surface area contributed by atoms with E-state index in [0.29, 0.717) is 5.16 Å². The zero-order valence-electron chi connectivity index (χ0n) is 11.6. The van der Waals surface area contributed by atoms with E-state index in [1.54, 1.807) is 0 Å². The van der Waals surface area contributed by atoms with Crippen LogP contribution in [-0.4, -0.2) is 21.6 Å². The molecule has 0 aliphatic carbocycles. The summed E-state index contributed by atoms with van der Waals surface area (Å²) in [5, 5.41) is 3.26. The van der Waals surface area contributed by atoms with Crippen LogP contribution in [0.25, 0.3) is 0 Å². The predicted molar refractivity (Wildman–Crippen MR) is 87.8 cm³/mol. The number of carbonyl (C=O) groups excluding carboxylic acids is 1. The first-order valence-electron chi connectivity index (χ1n) is 6.20. The van der Waals surface area contributed by atoms with Crippen LogP contribution in [0.5, 0.6) is 0 Å². The Balaban J connectivity index is 1.99. The van der Waals surface area contributed by atoms with E-state index in [1.807, 2.05) is 26.0 Å². The van der Waals surface area contributed by atoms with Gasteiger partial charge in [0, 0.05) is 16.7 Å². The number of nitrogens with zero attached hydrogens (tertiary/aromatic N) is 1. The lowest BCUT2D eigenvalue weighted by Gasteiger charge is -2.10. The van der Waals surface area contributed by atoms with Gasteiger partial charge in [0.25, 0.3) is 5.56 Å². The second kappa shape index (κ2) is 6.91. The van der Waals surface area contributed by atoms with Gasteiger partial charge in [0.05, 0.1) is 11.4 Å². The predicted octanol–water partition coefficient (Wildman–Crippen LogP) is 2.88. The number of halogens is 1. The maximum atomic E-state index is 11.9. The summed E-state index contributed by atoms with van der Waals surface area (Å²) in [5.74, 6) is 0.0159. The molecule has 0 saturated carbocycles.